The van der Waals surface area contributed by atoms with Gasteiger partial charge in [-0.3, -0.25) is 0 Å². The normalized spacial score (nSPS) is 20.1. The van der Waals surface area contributed by atoms with Crippen LogP contribution in [0.2, 0.25) is 5.15 Å². The second-order valence-electron chi connectivity index (χ2n) is 4.29. The summed E-state index contributed by atoms with van der Waals surface area (Å²) in [5.41, 5.74) is 1.31. The molecule has 0 radical (unpaired) electrons. The number of hydrogen-bond donors (Lipinski definition) is 1. The molecule has 0 aromatic carbocycles. The van der Waals surface area contributed by atoms with Gasteiger partial charge in [0.2, 0.25) is 0 Å². The Labute approximate surface area is 96.1 Å². The van der Waals surface area contributed by atoms with Crippen molar-refractivity contribution in [3.63, 3.8) is 0 Å². The third-order valence-corrected chi connectivity index (χ3v) is 3.59. The van der Waals surface area contributed by atoms with E-state index < -0.39 is 0 Å². The lowest BCUT2D eigenvalue weighted by Crippen LogP contribution is -2.30. The van der Waals surface area contributed by atoms with Crippen molar-refractivity contribution in [1.29, 1.82) is 0 Å². The van der Waals surface area contributed by atoms with E-state index in [0.29, 0.717) is 11.1 Å². The van der Waals surface area contributed by atoms with E-state index in [1.807, 2.05) is 12.3 Å². The second-order valence-corrected chi connectivity index (χ2v) is 4.68. The molecule has 1 fully saturated rings. The van der Waals surface area contributed by atoms with Gasteiger partial charge in [0.15, 0.2) is 0 Å². The molecule has 2 heterocycles. The maximum Gasteiger partial charge on any atom is 0.129 e. The molecule has 2 rings (SSSR count). The van der Waals surface area contributed by atoms with Crippen molar-refractivity contribution < 1.29 is 0 Å². The van der Waals surface area contributed by atoms with Crippen molar-refractivity contribution >= 4 is 11.6 Å². The fourth-order valence-electron chi connectivity index (χ4n) is 2.27. The maximum absolute atomic E-state index is 5.78. The molecule has 1 unspecified atom stereocenters. The van der Waals surface area contributed by atoms with Gasteiger partial charge in [0.1, 0.15) is 5.15 Å². The van der Waals surface area contributed by atoms with E-state index in [0.717, 1.165) is 19.0 Å². The van der Waals surface area contributed by atoms with Gasteiger partial charge in [0.05, 0.1) is 0 Å². The summed E-state index contributed by atoms with van der Waals surface area (Å²) >= 11 is 5.78. The molecule has 0 bridgehead atoms. The Hall–Kier alpha value is -0.600. The Bertz CT molecular complexity index is 304. The van der Waals surface area contributed by atoms with Gasteiger partial charge in [-0.05, 0) is 49.4 Å². The molecule has 1 atom stereocenters. The van der Waals surface area contributed by atoms with Crippen LogP contribution in [0.15, 0.2) is 18.3 Å². The predicted octanol–water partition coefficient (Wildman–Crippen LogP) is 2.84. The highest BCUT2D eigenvalue weighted by Crippen LogP contribution is 2.30. The summed E-state index contributed by atoms with van der Waals surface area (Å²) in [5, 5.41) is 3.97. The molecule has 82 valence electrons. The molecule has 0 spiro atoms. The molecule has 1 aromatic rings. The van der Waals surface area contributed by atoms with Crippen LogP contribution < -0.4 is 5.32 Å². The Morgan fingerprint density at radius 3 is 2.73 bits per heavy atom. The first-order chi connectivity index (χ1) is 7.27. The topological polar surface area (TPSA) is 24.9 Å². The van der Waals surface area contributed by atoms with Gasteiger partial charge in [-0.2, -0.15) is 0 Å². The average Bonchev–Trinajstić information content (AvgIpc) is 2.30. The number of halogens is 1. The van der Waals surface area contributed by atoms with Gasteiger partial charge >= 0.3 is 0 Å². The second kappa shape index (κ2) is 4.95. The van der Waals surface area contributed by atoms with Crippen molar-refractivity contribution in [2.75, 3.05) is 13.1 Å². The molecule has 0 saturated carbocycles. The maximum atomic E-state index is 5.78. The van der Waals surface area contributed by atoms with E-state index in [-0.39, 0.29) is 0 Å². The monoisotopic (exact) mass is 224 g/mol. The summed E-state index contributed by atoms with van der Waals surface area (Å²) in [4.78, 5) is 4.14. The minimum Gasteiger partial charge on any atom is -0.317 e. The van der Waals surface area contributed by atoms with Gasteiger partial charge in [0.25, 0.3) is 0 Å². The first-order valence-electron chi connectivity index (χ1n) is 5.59. The zero-order valence-electron chi connectivity index (χ0n) is 9.04. The van der Waals surface area contributed by atoms with Crippen LogP contribution in [0, 0.1) is 5.92 Å². The van der Waals surface area contributed by atoms with Crippen molar-refractivity contribution in [1.82, 2.24) is 10.3 Å². The fraction of sp³-hybridized carbons (Fsp3) is 0.583. The lowest BCUT2D eigenvalue weighted by Gasteiger charge is -2.28. The third kappa shape index (κ3) is 2.70. The molecule has 1 aliphatic rings. The molecule has 1 N–H and O–H groups in total. The summed E-state index contributed by atoms with van der Waals surface area (Å²) in [5.74, 6) is 1.38. The molecular weight excluding hydrogens is 208 g/mol. The van der Waals surface area contributed by atoms with Crippen LogP contribution in [-0.4, -0.2) is 18.1 Å². The van der Waals surface area contributed by atoms with E-state index in [1.165, 1.54) is 18.4 Å². The molecular formula is C12H17ClN2. The van der Waals surface area contributed by atoms with E-state index >= 15 is 0 Å². The SMILES string of the molecule is CC(c1ccc(Cl)nc1)C1CCNCC1. The molecule has 0 aliphatic carbocycles. The highest BCUT2D eigenvalue weighted by Gasteiger charge is 2.21. The highest BCUT2D eigenvalue weighted by molar-refractivity contribution is 6.29. The summed E-state index contributed by atoms with van der Waals surface area (Å²) in [6.45, 7) is 4.59. The Morgan fingerprint density at radius 2 is 2.13 bits per heavy atom. The van der Waals surface area contributed by atoms with Crippen LogP contribution in [0.1, 0.15) is 31.2 Å². The molecule has 15 heavy (non-hydrogen) atoms. The molecule has 0 amide bonds. The minimum atomic E-state index is 0.580. The lowest BCUT2D eigenvalue weighted by atomic mass is 9.82. The number of nitrogens with zero attached hydrogens (tertiary/aromatic N) is 1. The lowest BCUT2D eigenvalue weighted by molar-refractivity contribution is 0.330. The van der Waals surface area contributed by atoms with Crippen LogP contribution in [-0.2, 0) is 0 Å². The van der Waals surface area contributed by atoms with E-state index in [2.05, 4.69) is 23.3 Å². The van der Waals surface area contributed by atoms with E-state index in [4.69, 9.17) is 11.6 Å². The van der Waals surface area contributed by atoms with Gasteiger partial charge in [-0.1, -0.05) is 24.6 Å². The summed E-state index contributed by atoms with van der Waals surface area (Å²) < 4.78 is 0. The number of aromatic nitrogens is 1. The van der Waals surface area contributed by atoms with Gasteiger partial charge in [-0.15, -0.1) is 0 Å². The molecule has 1 aliphatic heterocycles. The zero-order valence-corrected chi connectivity index (χ0v) is 9.80. The number of nitrogens with one attached hydrogen (secondary N) is 1. The van der Waals surface area contributed by atoms with Crippen molar-refractivity contribution in [2.24, 2.45) is 5.92 Å². The molecule has 1 saturated heterocycles. The van der Waals surface area contributed by atoms with Crippen molar-refractivity contribution in [3.8, 4) is 0 Å². The van der Waals surface area contributed by atoms with Gasteiger partial charge in [0, 0.05) is 6.20 Å². The number of rotatable bonds is 2. The smallest absolute Gasteiger partial charge is 0.129 e. The fourth-order valence-corrected chi connectivity index (χ4v) is 2.38. The standard InChI is InChI=1S/C12H17ClN2/c1-9(10-4-6-14-7-5-10)11-2-3-12(13)15-8-11/h2-3,8-10,14H,4-7H2,1H3. The largest absolute Gasteiger partial charge is 0.317 e. The van der Waals surface area contributed by atoms with Crippen LogP contribution >= 0.6 is 11.6 Å². The molecule has 1 aromatic heterocycles. The Balaban J connectivity index is 2.05. The number of hydrogen-bond acceptors (Lipinski definition) is 2. The molecule has 3 heteroatoms. The van der Waals surface area contributed by atoms with E-state index in [9.17, 15) is 0 Å². The zero-order chi connectivity index (χ0) is 10.7. The van der Waals surface area contributed by atoms with E-state index in [1.54, 1.807) is 0 Å². The van der Waals surface area contributed by atoms with Crippen LogP contribution in [0.5, 0.6) is 0 Å². The van der Waals surface area contributed by atoms with Crippen LogP contribution in [0.25, 0.3) is 0 Å². The number of pyridine rings is 1. The molecule has 2 nitrogen and oxygen atoms in total. The quantitative estimate of drug-likeness (QED) is 0.782. The highest BCUT2D eigenvalue weighted by atomic mass is 35.5. The minimum absolute atomic E-state index is 0.580. The van der Waals surface area contributed by atoms with Crippen molar-refractivity contribution in [2.45, 2.75) is 25.7 Å². The first kappa shape index (κ1) is 10.9. The summed E-state index contributed by atoms with van der Waals surface area (Å²) in [7, 11) is 0. The van der Waals surface area contributed by atoms with Crippen LogP contribution in [0.4, 0.5) is 0 Å². The van der Waals surface area contributed by atoms with Gasteiger partial charge in [-0.25, -0.2) is 4.98 Å². The van der Waals surface area contributed by atoms with Crippen molar-refractivity contribution in [3.05, 3.63) is 29.0 Å². The Morgan fingerprint density at radius 1 is 1.40 bits per heavy atom. The van der Waals surface area contributed by atoms with Gasteiger partial charge < -0.3 is 5.32 Å². The summed E-state index contributed by atoms with van der Waals surface area (Å²) in [6.07, 6.45) is 4.45. The average molecular weight is 225 g/mol. The third-order valence-electron chi connectivity index (χ3n) is 3.37. The first-order valence-corrected chi connectivity index (χ1v) is 5.97. The van der Waals surface area contributed by atoms with Crippen LogP contribution in [0.3, 0.4) is 0 Å². The predicted molar refractivity (Wildman–Crippen MR) is 63.3 cm³/mol. The number of piperidine rings is 1. The Kier molecular flexibility index (Phi) is 3.60. The summed E-state index contributed by atoms with van der Waals surface area (Å²) in [6, 6.07) is 3.98.